The van der Waals surface area contributed by atoms with Crippen LogP contribution in [0.25, 0.3) is 0 Å². The van der Waals surface area contributed by atoms with Gasteiger partial charge >= 0.3 is 6.09 Å². The highest BCUT2D eigenvalue weighted by atomic mass is 32.2. The van der Waals surface area contributed by atoms with E-state index in [1.807, 2.05) is 0 Å². The predicted molar refractivity (Wildman–Crippen MR) is 61.9 cm³/mol. The number of likely N-dealkylation sites (tertiary alicyclic amines) is 1. The molecule has 0 unspecified atom stereocenters. The number of rotatable bonds is 2. The highest BCUT2D eigenvalue weighted by Crippen LogP contribution is 2.22. The Kier molecular flexibility index (Phi) is 4.03. The van der Waals surface area contributed by atoms with E-state index >= 15 is 0 Å². The number of amides is 1. The molecular weight excluding hydrogens is 246 g/mol. The van der Waals surface area contributed by atoms with Gasteiger partial charge in [0.15, 0.2) is 6.23 Å². The molecule has 0 radical (unpaired) electrons. The summed E-state index contributed by atoms with van der Waals surface area (Å²) in [6.07, 6.45) is 0.910. The van der Waals surface area contributed by atoms with Crippen molar-refractivity contribution in [2.24, 2.45) is 0 Å². The Balaban J connectivity index is 2.66. The lowest BCUT2D eigenvalue weighted by Crippen LogP contribution is -2.41. The molecule has 1 saturated heterocycles. The van der Waals surface area contributed by atoms with Crippen molar-refractivity contribution in [1.82, 2.24) is 4.90 Å². The van der Waals surface area contributed by atoms with E-state index in [0.29, 0.717) is 19.4 Å². The molecule has 0 aromatic carbocycles. The first-order chi connectivity index (χ1) is 7.58. The van der Waals surface area contributed by atoms with E-state index in [1.54, 1.807) is 20.8 Å². The van der Waals surface area contributed by atoms with Gasteiger partial charge in [-0.15, -0.1) is 0 Å². The summed E-state index contributed by atoms with van der Waals surface area (Å²) in [5, 5.41) is 0. The Bertz CT molecular complexity index is 384. The Morgan fingerprint density at radius 2 is 1.94 bits per heavy atom. The first kappa shape index (κ1) is 14.2. The van der Waals surface area contributed by atoms with Gasteiger partial charge in [0, 0.05) is 6.54 Å². The van der Waals surface area contributed by atoms with Crippen LogP contribution < -0.4 is 0 Å². The second-order valence-electron chi connectivity index (χ2n) is 5.07. The van der Waals surface area contributed by atoms with Crippen LogP contribution in [-0.4, -0.2) is 44.0 Å². The molecular formula is C10H19NO5S. The van der Waals surface area contributed by atoms with Gasteiger partial charge in [-0.1, -0.05) is 0 Å². The number of hydrogen-bond donors (Lipinski definition) is 0. The molecule has 1 amide bonds. The normalized spacial score (nSPS) is 21.6. The quantitative estimate of drug-likeness (QED) is 0.704. The van der Waals surface area contributed by atoms with Gasteiger partial charge in [-0.2, -0.15) is 8.42 Å². The smallest absolute Gasteiger partial charge is 0.412 e. The Morgan fingerprint density at radius 1 is 1.35 bits per heavy atom. The van der Waals surface area contributed by atoms with Crippen LogP contribution >= 0.6 is 0 Å². The lowest BCUT2D eigenvalue weighted by atomic mass is 10.2. The lowest BCUT2D eigenvalue weighted by molar-refractivity contribution is -0.00299. The number of carbonyl (C=O) groups is 1. The van der Waals surface area contributed by atoms with E-state index in [9.17, 15) is 13.2 Å². The van der Waals surface area contributed by atoms with E-state index in [1.165, 1.54) is 4.90 Å². The van der Waals surface area contributed by atoms with Crippen LogP contribution in [0, 0.1) is 0 Å². The Labute approximate surface area is 102 Å². The molecule has 6 nitrogen and oxygen atoms in total. The fourth-order valence-corrected chi connectivity index (χ4v) is 2.17. The molecule has 1 atom stereocenters. The van der Waals surface area contributed by atoms with Crippen molar-refractivity contribution in [3.8, 4) is 0 Å². The van der Waals surface area contributed by atoms with Crippen LogP contribution in [0.1, 0.15) is 33.6 Å². The minimum absolute atomic E-state index is 0.453. The molecule has 0 spiro atoms. The average Bonchev–Trinajstić information content (AvgIpc) is 2.45. The third-order valence-electron chi connectivity index (χ3n) is 2.11. The minimum atomic E-state index is -3.57. The summed E-state index contributed by atoms with van der Waals surface area (Å²) in [6.45, 7) is 5.73. The van der Waals surface area contributed by atoms with E-state index in [-0.39, 0.29) is 0 Å². The monoisotopic (exact) mass is 265 g/mol. The zero-order valence-corrected chi connectivity index (χ0v) is 11.4. The highest BCUT2D eigenvalue weighted by Gasteiger charge is 2.34. The molecule has 7 heteroatoms. The molecule has 1 rings (SSSR count). The number of ether oxygens (including phenoxy) is 1. The molecule has 0 aromatic heterocycles. The first-order valence-electron chi connectivity index (χ1n) is 5.46. The minimum Gasteiger partial charge on any atom is -0.444 e. The molecule has 0 aliphatic carbocycles. The van der Waals surface area contributed by atoms with Crippen LogP contribution in [0.2, 0.25) is 0 Å². The van der Waals surface area contributed by atoms with Crippen molar-refractivity contribution in [3.63, 3.8) is 0 Å². The van der Waals surface area contributed by atoms with Crippen molar-refractivity contribution >= 4 is 16.2 Å². The second-order valence-corrected chi connectivity index (χ2v) is 6.67. The zero-order chi connectivity index (χ0) is 13.3. The molecule has 1 heterocycles. The van der Waals surface area contributed by atoms with Crippen molar-refractivity contribution in [1.29, 1.82) is 0 Å². The summed E-state index contributed by atoms with van der Waals surface area (Å²) in [5.74, 6) is 0. The second kappa shape index (κ2) is 4.81. The molecule has 1 fully saturated rings. The summed E-state index contributed by atoms with van der Waals surface area (Å²) in [6, 6.07) is 0. The van der Waals surface area contributed by atoms with Gasteiger partial charge in [0.05, 0.1) is 6.26 Å². The summed E-state index contributed by atoms with van der Waals surface area (Å²) in [5.41, 5.74) is -0.602. The van der Waals surface area contributed by atoms with Gasteiger partial charge in [-0.25, -0.2) is 8.98 Å². The van der Waals surface area contributed by atoms with Crippen LogP contribution in [0.5, 0.6) is 0 Å². The maximum atomic E-state index is 11.8. The molecule has 0 N–H and O–H groups in total. The fourth-order valence-electron chi connectivity index (χ4n) is 1.57. The van der Waals surface area contributed by atoms with E-state index in [4.69, 9.17) is 8.92 Å². The predicted octanol–water partition coefficient (Wildman–Crippen LogP) is 1.32. The zero-order valence-electron chi connectivity index (χ0n) is 10.6. The number of carbonyl (C=O) groups excluding carboxylic acids is 1. The van der Waals surface area contributed by atoms with E-state index in [0.717, 1.165) is 6.26 Å². The number of hydrogen-bond acceptors (Lipinski definition) is 5. The summed E-state index contributed by atoms with van der Waals surface area (Å²) < 4.78 is 32.1. The van der Waals surface area contributed by atoms with Gasteiger partial charge in [-0.3, -0.25) is 4.90 Å². The van der Waals surface area contributed by atoms with Gasteiger partial charge in [-0.05, 0) is 33.6 Å². The fraction of sp³-hybridized carbons (Fsp3) is 0.900. The average molecular weight is 265 g/mol. The van der Waals surface area contributed by atoms with Gasteiger partial charge < -0.3 is 4.74 Å². The molecule has 0 bridgehead atoms. The molecule has 0 saturated carbocycles. The first-order valence-corrected chi connectivity index (χ1v) is 7.28. The van der Waals surface area contributed by atoms with Crippen molar-refractivity contribution in [3.05, 3.63) is 0 Å². The van der Waals surface area contributed by atoms with Crippen LogP contribution in [-0.2, 0) is 19.0 Å². The number of nitrogens with zero attached hydrogens (tertiary/aromatic N) is 1. The van der Waals surface area contributed by atoms with E-state index in [2.05, 4.69) is 0 Å². The van der Waals surface area contributed by atoms with Crippen LogP contribution in [0.15, 0.2) is 0 Å². The molecule has 100 valence electrons. The maximum Gasteiger partial charge on any atom is 0.412 e. The molecule has 1 aliphatic heterocycles. The highest BCUT2D eigenvalue weighted by molar-refractivity contribution is 7.86. The molecule has 0 aromatic rings. The van der Waals surface area contributed by atoms with Crippen molar-refractivity contribution in [2.45, 2.75) is 45.4 Å². The van der Waals surface area contributed by atoms with Crippen LogP contribution in [0.4, 0.5) is 4.79 Å². The topological polar surface area (TPSA) is 72.9 Å². The SMILES string of the molecule is CC(C)(C)OC(=O)N1CCC[C@@H]1OS(C)(=O)=O. The Hall–Kier alpha value is -0.820. The lowest BCUT2D eigenvalue weighted by Gasteiger charge is -2.27. The summed E-state index contributed by atoms with van der Waals surface area (Å²) >= 11 is 0. The van der Waals surface area contributed by atoms with Crippen LogP contribution in [0.3, 0.4) is 0 Å². The summed E-state index contributed by atoms with van der Waals surface area (Å²) in [4.78, 5) is 13.1. The standard InChI is InChI=1S/C10H19NO5S/c1-10(2,3)15-9(12)11-7-5-6-8(11)16-17(4,13)14/h8H,5-7H2,1-4H3/t8-/m0/s1. The molecule has 1 aliphatic rings. The summed E-state index contributed by atoms with van der Waals surface area (Å²) in [7, 11) is -3.57. The maximum absolute atomic E-state index is 11.8. The third-order valence-corrected chi connectivity index (χ3v) is 2.68. The van der Waals surface area contributed by atoms with E-state index < -0.39 is 28.0 Å². The molecule has 17 heavy (non-hydrogen) atoms. The van der Waals surface area contributed by atoms with Crippen molar-refractivity contribution < 1.29 is 22.1 Å². The van der Waals surface area contributed by atoms with Gasteiger partial charge in [0.2, 0.25) is 0 Å². The largest absolute Gasteiger partial charge is 0.444 e. The van der Waals surface area contributed by atoms with Crippen molar-refractivity contribution in [2.75, 3.05) is 12.8 Å². The third kappa shape index (κ3) is 4.91. The van der Waals surface area contributed by atoms with Gasteiger partial charge in [0.1, 0.15) is 5.60 Å². The Morgan fingerprint density at radius 3 is 2.41 bits per heavy atom. The van der Waals surface area contributed by atoms with Gasteiger partial charge in [0.25, 0.3) is 10.1 Å².